The van der Waals surface area contributed by atoms with Crippen molar-refractivity contribution in [2.75, 3.05) is 0 Å². The van der Waals surface area contributed by atoms with Gasteiger partial charge in [-0.3, -0.25) is 5.10 Å². The van der Waals surface area contributed by atoms with E-state index in [0.717, 1.165) is 27.6 Å². The number of nitrogens with one attached hydrogen (secondary N) is 1. The van der Waals surface area contributed by atoms with Crippen molar-refractivity contribution in [3.63, 3.8) is 0 Å². The number of aromatic amines is 1. The molecule has 4 nitrogen and oxygen atoms in total. The minimum Gasteiger partial charge on any atom is -0.399 e. The van der Waals surface area contributed by atoms with Crippen molar-refractivity contribution in [3.8, 4) is 0 Å². The zero-order chi connectivity index (χ0) is 14.7. The smallest absolute Gasteiger partial charge is 0.399 e. The van der Waals surface area contributed by atoms with Crippen LogP contribution in [-0.4, -0.2) is 28.5 Å². The first kappa shape index (κ1) is 13.6. The van der Waals surface area contributed by atoms with E-state index in [-0.39, 0.29) is 18.3 Å². The Hall–Kier alpha value is -1.33. The fraction of sp³-hybridized carbons (Fsp3) is 0.533. The van der Waals surface area contributed by atoms with Crippen molar-refractivity contribution in [2.24, 2.45) is 0 Å². The quantitative estimate of drug-likeness (QED) is 0.811. The number of aromatic nitrogens is 2. The lowest BCUT2D eigenvalue weighted by atomic mass is 9.76. The minimum absolute atomic E-state index is 0.327. The average molecular weight is 272 g/mol. The van der Waals surface area contributed by atoms with Gasteiger partial charge in [0.1, 0.15) is 0 Å². The number of benzene rings is 1. The Kier molecular flexibility index (Phi) is 2.79. The molecule has 20 heavy (non-hydrogen) atoms. The van der Waals surface area contributed by atoms with Gasteiger partial charge in [-0.1, -0.05) is 12.1 Å². The van der Waals surface area contributed by atoms with E-state index in [0.29, 0.717) is 0 Å². The predicted octanol–water partition coefficient (Wildman–Crippen LogP) is 2.48. The molecule has 0 spiro atoms. The Morgan fingerprint density at radius 2 is 1.65 bits per heavy atom. The van der Waals surface area contributed by atoms with Crippen LogP contribution in [0.2, 0.25) is 0 Å². The molecule has 106 valence electrons. The molecule has 0 unspecified atom stereocenters. The number of H-pyrrole nitrogens is 1. The summed E-state index contributed by atoms with van der Waals surface area (Å²) in [5, 5.41) is 8.56. The third-order valence-electron chi connectivity index (χ3n) is 4.63. The Morgan fingerprint density at radius 3 is 2.25 bits per heavy atom. The van der Waals surface area contributed by atoms with Gasteiger partial charge in [-0.25, -0.2) is 0 Å². The highest BCUT2D eigenvalue weighted by atomic mass is 16.7. The zero-order valence-electron chi connectivity index (χ0n) is 13.0. The largest absolute Gasteiger partial charge is 0.495 e. The molecule has 0 bridgehead atoms. The number of rotatable bonds is 1. The maximum atomic E-state index is 6.16. The van der Waals surface area contributed by atoms with Crippen LogP contribution >= 0.6 is 0 Å². The van der Waals surface area contributed by atoms with Gasteiger partial charge in [0.25, 0.3) is 0 Å². The number of fused-ring (bicyclic) bond motifs is 1. The maximum absolute atomic E-state index is 6.16. The monoisotopic (exact) mass is 272 g/mol. The SMILES string of the molecule is Cc1ccc(B2OC(C)(C)C(C)(C)O2)c2c(C)[nH]nc12. The van der Waals surface area contributed by atoms with Crippen molar-refractivity contribution in [3.05, 3.63) is 23.4 Å². The Bertz CT molecular complexity index is 660. The summed E-state index contributed by atoms with van der Waals surface area (Å²) >= 11 is 0. The first-order chi connectivity index (χ1) is 9.23. The van der Waals surface area contributed by atoms with E-state index in [1.807, 2.05) is 6.92 Å². The summed E-state index contributed by atoms with van der Waals surface area (Å²) in [4.78, 5) is 0. The normalized spacial score (nSPS) is 20.8. The van der Waals surface area contributed by atoms with Crippen molar-refractivity contribution >= 4 is 23.5 Å². The fourth-order valence-corrected chi connectivity index (χ4v) is 2.61. The lowest BCUT2D eigenvalue weighted by Gasteiger charge is -2.32. The van der Waals surface area contributed by atoms with Gasteiger partial charge in [-0.15, -0.1) is 0 Å². The van der Waals surface area contributed by atoms with Crippen molar-refractivity contribution in [1.82, 2.24) is 10.2 Å². The topological polar surface area (TPSA) is 47.1 Å². The van der Waals surface area contributed by atoms with Crippen molar-refractivity contribution in [2.45, 2.75) is 52.7 Å². The molecule has 0 aliphatic carbocycles. The van der Waals surface area contributed by atoms with Crippen LogP contribution in [0.3, 0.4) is 0 Å². The molecule has 1 saturated heterocycles. The zero-order valence-corrected chi connectivity index (χ0v) is 13.0. The first-order valence-electron chi connectivity index (χ1n) is 7.03. The van der Waals surface area contributed by atoms with E-state index < -0.39 is 0 Å². The molecule has 3 rings (SSSR count). The van der Waals surface area contributed by atoms with Crippen molar-refractivity contribution < 1.29 is 9.31 Å². The third-order valence-corrected chi connectivity index (χ3v) is 4.63. The molecule has 1 aromatic heterocycles. The van der Waals surface area contributed by atoms with E-state index in [4.69, 9.17) is 9.31 Å². The Labute approximate surface area is 120 Å². The second kappa shape index (κ2) is 4.09. The molecule has 1 fully saturated rings. The summed E-state index contributed by atoms with van der Waals surface area (Å²) in [6, 6.07) is 4.16. The van der Waals surface area contributed by atoms with E-state index in [1.165, 1.54) is 0 Å². The van der Waals surface area contributed by atoms with E-state index in [1.54, 1.807) is 0 Å². The lowest BCUT2D eigenvalue weighted by Crippen LogP contribution is -2.41. The van der Waals surface area contributed by atoms with Gasteiger partial charge in [0, 0.05) is 11.1 Å². The fourth-order valence-electron chi connectivity index (χ4n) is 2.61. The molecule has 0 atom stereocenters. The Morgan fingerprint density at radius 1 is 1.05 bits per heavy atom. The molecular formula is C15H21BN2O2. The molecule has 1 aliphatic rings. The standard InChI is InChI=1S/C15H21BN2O2/c1-9-7-8-11(12-10(2)17-18-13(9)12)16-19-14(3,4)15(5,6)20-16/h7-8H,1-6H3,(H,17,18). The number of nitrogens with zero attached hydrogens (tertiary/aromatic N) is 1. The van der Waals surface area contributed by atoms with Gasteiger partial charge in [0.2, 0.25) is 0 Å². The van der Waals surface area contributed by atoms with Gasteiger partial charge in [0.15, 0.2) is 0 Å². The summed E-state index contributed by atoms with van der Waals surface area (Å²) in [5.41, 5.74) is 3.60. The molecule has 2 heterocycles. The maximum Gasteiger partial charge on any atom is 0.495 e. The molecule has 5 heteroatoms. The first-order valence-corrected chi connectivity index (χ1v) is 7.03. The second-order valence-electron chi connectivity index (χ2n) is 6.63. The van der Waals surface area contributed by atoms with Gasteiger partial charge >= 0.3 is 7.12 Å². The molecule has 1 N–H and O–H groups in total. The third kappa shape index (κ3) is 1.80. The highest BCUT2D eigenvalue weighted by molar-refractivity contribution is 6.65. The van der Waals surface area contributed by atoms with Crippen LogP contribution in [0.1, 0.15) is 39.0 Å². The summed E-state index contributed by atoms with van der Waals surface area (Å²) in [6.07, 6.45) is 0. The minimum atomic E-state index is -0.348. The van der Waals surface area contributed by atoms with Gasteiger partial charge in [-0.2, -0.15) is 5.10 Å². The molecule has 0 amide bonds. The molecule has 1 aliphatic heterocycles. The van der Waals surface area contributed by atoms with Crippen LogP contribution in [0, 0.1) is 13.8 Å². The molecular weight excluding hydrogens is 251 g/mol. The van der Waals surface area contributed by atoms with E-state index in [2.05, 4.69) is 56.9 Å². The highest BCUT2D eigenvalue weighted by Crippen LogP contribution is 2.37. The number of hydrogen-bond acceptors (Lipinski definition) is 3. The number of hydrogen-bond donors (Lipinski definition) is 1. The predicted molar refractivity (Wildman–Crippen MR) is 81.3 cm³/mol. The summed E-state index contributed by atoms with van der Waals surface area (Å²) in [6.45, 7) is 12.4. The van der Waals surface area contributed by atoms with Crippen LogP contribution in [0.15, 0.2) is 12.1 Å². The summed E-state index contributed by atoms with van der Waals surface area (Å²) in [5.74, 6) is 0. The molecule has 0 radical (unpaired) electrons. The average Bonchev–Trinajstić information content (AvgIpc) is 2.80. The Balaban J connectivity index is 2.13. The highest BCUT2D eigenvalue weighted by Gasteiger charge is 2.52. The van der Waals surface area contributed by atoms with Crippen LogP contribution in [0.25, 0.3) is 10.9 Å². The lowest BCUT2D eigenvalue weighted by molar-refractivity contribution is 0.00578. The number of aryl methyl sites for hydroxylation is 2. The van der Waals surface area contributed by atoms with E-state index >= 15 is 0 Å². The van der Waals surface area contributed by atoms with Crippen LogP contribution in [0.5, 0.6) is 0 Å². The molecule has 2 aromatic rings. The molecule has 1 aromatic carbocycles. The summed E-state index contributed by atoms with van der Waals surface area (Å²) < 4.78 is 12.3. The van der Waals surface area contributed by atoms with E-state index in [9.17, 15) is 0 Å². The second-order valence-corrected chi connectivity index (χ2v) is 6.63. The van der Waals surface area contributed by atoms with Gasteiger partial charge < -0.3 is 9.31 Å². The van der Waals surface area contributed by atoms with Crippen LogP contribution in [-0.2, 0) is 9.31 Å². The summed E-state index contributed by atoms with van der Waals surface area (Å²) in [7, 11) is -0.348. The van der Waals surface area contributed by atoms with Crippen LogP contribution < -0.4 is 5.46 Å². The van der Waals surface area contributed by atoms with Gasteiger partial charge in [0.05, 0.1) is 16.7 Å². The van der Waals surface area contributed by atoms with Crippen molar-refractivity contribution in [1.29, 1.82) is 0 Å². The molecule has 0 saturated carbocycles. The van der Waals surface area contributed by atoms with Crippen LogP contribution in [0.4, 0.5) is 0 Å². The van der Waals surface area contributed by atoms with Gasteiger partial charge in [-0.05, 0) is 52.6 Å².